The van der Waals surface area contributed by atoms with Crippen LogP contribution in [0.4, 0.5) is 4.39 Å². The molecule has 2 aromatic rings. The van der Waals surface area contributed by atoms with Gasteiger partial charge in [-0.1, -0.05) is 12.1 Å². The van der Waals surface area contributed by atoms with Crippen LogP contribution in [-0.4, -0.2) is 50.4 Å². The lowest BCUT2D eigenvalue weighted by Crippen LogP contribution is -2.43. The second-order valence-corrected chi connectivity index (χ2v) is 10.3. The van der Waals surface area contributed by atoms with Gasteiger partial charge in [-0.2, -0.15) is 8.42 Å². The van der Waals surface area contributed by atoms with Crippen LogP contribution in [0.25, 0.3) is 0 Å². The normalized spacial score (nSPS) is 17.8. The maximum Gasteiger partial charge on any atom is 0.285 e. The van der Waals surface area contributed by atoms with Crippen LogP contribution in [0.5, 0.6) is 0 Å². The number of thioether (sulfide) groups is 1. The molecule has 0 radical (unpaired) electrons. The highest BCUT2D eigenvalue weighted by atomic mass is 32.2. The lowest BCUT2D eigenvalue weighted by atomic mass is 9.95. The van der Waals surface area contributed by atoms with Gasteiger partial charge in [0.25, 0.3) is 10.0 Å². The lowest BCUT2D eigenvalue weighted by Gasteiger charge is -2.32. The van der Waals surface area contributed by atoms with Crippen molar-refractivity contribution in [1.82, 2.24) is 10.2 Å². The molecule has 1 N–H and O–H groups in total. The zero-order valence-corrected chi connectivity index (χ0v) is 18.6. The number of amides is 1. The largest absolute Gasteiger partial charge is 0.356 e. The summed E-state index contributed by atoms with van der Waals surface area (Å²) in [6.07, 6.45) is 2.16. The number of benzene rings is 2. The summed E-state index contributed by atoms with van der Waals surface area (Å²) in [5, 5.41) is 3.00. The SMILES string of the molecule is O=C(NCCCSc1ccc(F)cc1)C1CCN(C2=NS(=O)(=O)c3ccccc32)CC1. The molecule has 31 heavy (non-hydrogen) atoms. The van der Waals surface area contributed by atoms with Crippen molar-refractivity contribution in [3.63, 3.8) is 0 Å². The summed E-state index contributed by atoms with van der Waals surface area (Å²) < 4.78 is 41.4. The lowest BCUT2D eigenvalue weighted by molar-refractivity contribution is -0.126. The van der Waals surface area contributed by atoms with E-state index in [4.69, 9.17) is 0 Å². The Labute approximate surface area is 186 Å². The molecule has 1 fully saturated rings. The van der Waals surface area contributed by atoms with Crippen LogP contribution in [0.3, 0.4) is 0 Å². The van der Waals surface area contributed by atoms with Gasteiger partial charge in [0.2, 0.25) is 5.91 Å². The fourth-order valence-corrected chi connectivity index (χ4v) is 5.90. The third-order valence-electron chi connectivity index (χ3n) is 5.48. The Morgan fingerprint density at radius 1 is 1.13 bits per heavy atom. The standard InChI is InChI=1S/C22H24FN3O3S2/c23-17-6-8-18(9-7-17)30-15-3-12-24-22(27)16-10-13-26(14-11-16)21-19-4-1-2-5-20(19)31(28,29)25-21/h1-2,4-9,16H,3,10-15H2,(H,24,27). The quantitative estimate of drug-likeness (QED) is 0.528. The second kappa shape index (κ2) is 9.40. The molecule has 0 atom stereocenters. The average molecular weight is 462 g/mol. The van der Waals surface area contributed by atoms with E-state index in [2.05, 4.69) is 9.71 Å². The molecular weight excluding hydrogens is 437 g/mol. The summed E-state index contributed by atoms with van der Waals surface area (Å²) in [5.74, 6) is 1.07. The minimum Gasteiger partial charge on any atom is -0.356 e. The minimum atomic E-state index is -3.63. The number of halogens is 1. The van der Waals surface area contributed by atoms with Crippen LogP contribution in [0, 0.1) is 11.7 Å². The number of hydrogen-bond donors (Lipinski definition) is 1. The monoisotopic (exact) mass is 461 g/mol. The van der Waals surface area contributed by atoms with Crippen molar-refractivity contribution in [1.29, 1.82) is 0 Å². The minimum absolute atomic E-state index is 0.0489. The third-order valence-corrected chi connectivity index (χ3v) is 7.90. The molecule has 2 heterocycles. The molecule has 2 aromatic carbocycles. The predicted molar refractivity (Wildman–Crippen MR) is 119 cm³/mol. The van der Waals surface area contributed by atoms with Gasteiger partial charge in [0.15, 0.2) is 5.84 Å². The molecule has 0 aromatic heterocycles. The topological polar surface area (TPSA) is 78.8 Å². The molecule has 1 amide bonds. The first kappa shape index (κ1) is 21.8. The number of fused-ring (bicyclic) bond motifs is 1. The van der Waals surface area contributed by atoms with E-state index in [-0.39, 0.29) is 22.5 Å². The van der Waals surface area contributed by atoms with Gasteiger partial charge in [0, 0.05) is 36.0 Å². The Hall–Kier alpha value is -2.39. The molecule has 4 rings (SSSR count). The summed E-state index contributed by atoms with van der Waals surface area (Å²) in [6.45, 7) is 1.80. The number of amidine groups is 1. The van der Waals surface area contributed by atoms with Crippen molar-refractivity contribution in [2.24, 2.45) is 10.3 Å². The Kier molecular flexibility index (Phi) is 6.62. The Balaban J connectivity index is 1.21. The summed E-state index contributed by atoms with van der Waals surface area (Å²) in [4.78, 5) is 15.7. The summed E-state index contributed by atoms with van der Waals surface area (Å²) in [6, 6.07) is 13.3. The zero-order valence-electron chi connectivity index (χ0n) is 17.0. The Morgan fingerprint density at radius 3 is 2.58 bits per heavy atom. The summed E-state index contributed by atoms with van der Waals surface area (Å²) >= 11 is 1.64. The average Bonchev–Trinajstić information content (AvgIpc) is 3.06. The van der Waals surface area contributed by atoms with E-state index in [9.17, 15) is 17.6 Å². The van der Waals surface area contributed by atoms with Crippen LogP contribution in [-0.2, 0) is 14.8 Å². The van der Waals surface area contributed by atoms with E-state index in [0.717, 1.165) is 17.1 Å². The van der Waals surface area contributed by atoms with Gasteiger partial charge in [0.1, 0.15) is 10.7 Å². The fraction of sp³-hybridized carbons (Fsp3) is 0.364. The van der Waals surface area contributed by atoms with Gasteiger partial charge in [-0.05, 0) is 61.4 Å². The number of rotatable bonds is 6. The first-order valence-electron chi connectivity index (χ1n) is 10.3. The van der Waals surface area contributed by atoms with Crippen molar-refractivity contribution < 1.29 is 17.6 Å². The molecule has 164 valence electrons. The molecule has 1 saturated heterocycles. The molecule has 0 unspecified atom stereocenters. The number of piperidine rings is 1. The number of carbonyl (C=O) groups excluding carboxylic acids is 1. The van der Waals surface area contributed by atoms with Crippen molar-refractivity contribution >= 4 is 33.5 Å². The van der Waals surface area contributed by atoms with Crippen molar-refractivity contribution in [2.45, 2.75) is 29.1 Å². The smallest absolute Gasteiger partial charge is 0.285 e. The van der Waals surface area contributed by atoms with Crippen LogP contribution in [0.2, 0.25) is 0 Å². The molecule has 0 saturated carbocycles. The number of likely N-dealkylation sites (tertiary alicyclic amines) is 1. The van der Waals surface area contributed by atoms with Gasteiger partial charge in [-0.15, -0.1) is 16.2 Å². The highest BCUT2D eigenvalue weighted by molar-refractivity contribution is 7.99. The number of nitrogens with one attached hydrogen (secondary N) is 1. The van der Waals surface area contributed by atoms with Crippen molar-refractivity contribution in [3.8, 4) is 0 Å². The van der Waals surface area contributed by atoms with Gasteiger partial charge in [0.05, 0.1) is 0 Å². The molecule has 0 aliphatic carbocycles. The molecule has 6 nitrogen and oxygen atoms in total. The van der Waals surface area contributed by atoms with Crippen LogP contribution in [0.1, 0.15) is 24.8 Å². The highest BCUT2D eigenvalue weighted by Gasteiger charge is 2.34. The second-order valence-electron chi connectivity index (χ2n) is 7.59. The predicted octanol–water partition coefficient (Wildman–Crippen LogP) is 3.29. The zero-order chi connectivity index (χ0) is 21.8. The molecule has 9 heteroatoms. The molecular formula is C22H24FN3O3S2. The first-order chi connectivity index (χ1) is 14.9. The number of nitrogens with zero attached hydrogens (tertiary/aromatic N) is 2. The first-order valence-corrected chi connectivity index (χ1v) is 12.7. The Bertz CT molecular complexity index is 1080. The highest BCUT2D eigenvalue weighted by Crippen LogP contribution is 2.29. The number of sulfonamides is 1. The molecule has 2 aliphatic rings. The van der Waals surface area contributed by atoms with E-state index >= 15 is 0 Å². The molecule has 0 bridgehead atoms. The maximum absolute atomic E-state index is 12.9. The van der Waals surface area contributed by atoms with E-state index in [0.29, 0.717) is 43.9 Å². The summed E-state index contributed by atoms with van der Waals surface area (Å²) in [7, 11) is -3.63. The maximum atomic E-state index is 12.9. The third kappa shape index (κ3) is 5.10. The van der Waals surface area contributed by atoms with Gasteiger partial charge in [-0.3, -0.25) is 4.79 Å². The summed E-state index contributed by atoms with van der Waals surface area (Å²) in [5.41, 5.74) is 0.643. The molecule has 0 spiro atoms. The van der Waals surface area contributed by atoms with Crippen molar-refractivity contribution in [2.75, 3.05) is 25.4 Å². The van der Waals surface area contributed by atoms with Crippen molar-refractivity contribution in [3.05, 3.63) is 59.9 Å². The van der Waals surface area contributed by atoms with E-state index in [1.165, 1.54) is 12.1 Å². The van der Waals surface area contributed by atoms with Gasteiger partial charge < -0.3 is 10.2 Å². The van der Waals surface area contributed by atoms with Gasteiger partial charge >= 0.3 is 0 Å². The fourth-order valence-electron chi connectivity index (χ4n) is 3.82. The number of hydrogen-bond acceptors (Lipinski definition) is 5. The van der Waals surface area contributed by atoms with Crippen LogP contribution in [0.15, 0.2) is 62.7 Å². The van der Waals surface area contributed by atoms with Gasteiger partial charge in [-0.25, -0.2) is 4.39 Å². The van der Waals surface area contributed by atoms with Crippen LogP contribution < -0.4 is 5.32 Å². The van der Waals surface area contributed by atoms with E-state index < -0.39 is 10.0 Å². The van der Waals surface area contributed by atoms with E-state index in [1.807, 2.05) is 11.0 Å². The van der Waals surface area contributed by atoms with Crippen LogP contribution >= 0.6 is 11.8 Å². The van der Waals surface area contributed by atoms with E-state index in [1.54, 1.807) is 42.1 Å². The Morgan fingerprint density at radius 2 is 1.84 bits per heavy atom. The molecule has 2 aliphatic heterocycles. The number of carbonyl (C=O) groups is 1.